The van der Waals surface area contributed by atoms with Crippen LogP contribution in [0.3, 0.4) is 0 Å². The van der Waals surface area contributed by atoms with Gasteiger partial charge in [0.15, 0.2) is 5.65 Å². The molecule has 0 saturated carbocycles. The number of benzene rings is 1. The molecule has 0 aliphatic carbocycles. The first kappa shape index (κ1) is 38.4. The third kappa shape index (κ3) is 11.1. The first-order chi connectivity index (χ1) is 24.1. The zero-order valence-corrected chi connectivity index (χ0v) is 34.1. The van der Waals surface area contributed by atoms with Crippen LogP contribution in [0.25, 0.3) is 28.0 Å². The minimum atomic E-state index is -1.27. The van der Waals surface area contributed by atoms with Gasteiger partial charge in [-0.3, -0.25) is 4.98 Å². The zero-order valence-electron chi connectivity index (χ0n) is 32.1. The number of carbonyl (C=O) groups is 1. The molecule has 1 aliphatic heterocycles. The van der Waals surface area contributed by atoms with Gasteiger partial charge in [0.1, 0.15) is 30.7 Å². The highest BCUT2D eigenvalue weighted by atomic mass is 28.3. The second-order valence-electron chi connectivity index (χ2n) is 16.8. The van der Waals surface area contributed by atoms with E-state index in [-0.39, 0.29) is 6.09 Å². The van der Waals surface area contributed by atoms with Gasteiger partial charge in [0.2, 0.25) is 0 Å². The Hall–Kier alpha value is -3.79. The van der Waals surface area contributed by atoms with Crippen molar-refractivity contribution in [1.29, 1.82) is 0 Å². The normalized spacial score (nSPS) is 14.3. The van der Waals surface area contributed by atoms with Crippen molar-refractivity contribution in [2.45, 2.75) is 77.7 Å². The Kier molecular flexibility index (Phi) is 12.3. The average molecular weight is 732 g/mol. The first-order valence-electron chi connectivity index (χ1n) is 18.1. The van der Waals surface area contributed by atoms with E-state index in [0.29, 0.717) is 52.9 Å². The molecule has 0 spiro atoms. The summed E-state index contributed by atoms with van der Waals surface area (Å²) in [5, 5.41) is 4.89. The summed E-state index contributed by atoms with van der Waals surface area (Å²) in [4.78, 5) is 29.0. The van der Waals surface area contributed by atoms with Crippen molar-refractivity contribution < 1.29 is 19.0 Å². The number of fused-ring (bicyclic) bond motifs is 1. The molecular weight excluding hydrogens is 675 g/mol. The Bertz CT molecular complexity index is 1700. The van der Waals surface area contributed by atoms with E-state index in [9.17, 15) is 4.79 Å². The highest BCUT2D eigenvalue weighted by Crippen LogP contribution is 2.31. The number of rotatable bonds is 14. The minimum Gasteiger partial charge on any atom is -0.444 e. The summed E-state index contributed by atoms with van der Waals surface area (Å²) in [6.45, 7) is 24.3. The van der Waals surface area contributed by atoms with E-state index < -0.39 is 21.7 Å². The number of ether oxygens (including phenoxy) is 3. The highest BCUT2D eigenvalue weighted by molar-refractivity contribution is 6.76. The van der Waals surface area contributed by atoms with Gasteiger partial charge in [-0.05, 0) is 38.9 Å². The number of pyridine rings is 1. The summed E-state index contributed by atoms with van der Waals surface area (Å²) in [5.41, 5.74) is 3.97. The van der Waals surface area contributed by atoms with Crippen molar-refractivity contribution >= 4 is 39.5 Å². The number of anilines is 2. The van der Waals surface area contributed by atoms with E-state index in [1.807, 2.05) is 61.9 Å². The van der Waals surface area contributed by atoms with Crippen LogP contribution in [0, 0.1) is 0 Å². The van der Waals surface area contributed by atoms with Crippen LogP contribution in [0.1, 0.15) is 20.8 Å². The number of carbonyl (C=O) groups excluding carboxylic acids is 1. The molecule has 11 nitrogen and oxygen atoms in total. The topological polar surface area (TPSA) is 97.6 Å². The number of aromatic nitrogens is 4. The maximum atomic E-state index is 12.9. The Morgan fingerprint density at radius 1 is 0.824 bits per heavy atom. The second kappa shape index (κ2) is 16.3. The molecule has 4 aromatic rings. The first-order valence-corrected chi connectivity index (χ1v) is 25.5. The van der Waals surface area contributed by atoms with Crippen molar-refractivity contribution in [3.63, 3.8) is 0 Å². The maximum absolute atomic E-state index is 12.9. The monoisotopic (exact) mass is 731 g/mol. The molecule has 3 aromatic heterocycles. The third-order valence-corrected chi connectivity index (χ3v) is 12.1. The van der Waals surface area contributed by atoms with Gasteiger partial charge in [0, 0.05) is 84.5 Å². The Morgan fingerprint density at radius 2 is 1.45 bits per heavy atom. The molecule has 0 radical (unpaired) electrons. The van der Waals surface area contributed by atoms with E-state index in [0.717, 1.165) is 51.8 Å². The lowest BCUT2D eigenvalue weighted by molar-refractivity contribution is 0.0240. The van der Waals surface area contributed by atoms with Crippen LogP contribution in [0.2, 0.25) is 51.4 Å². The quantitative estimate of drug-likeness (QED) is 0.0728. The summed E-state index contributed by atoms with van der Waals surface area (Å²) in [5.74, 6) is 1.65. The lowest BCUT2D eigenvalue weighted by atomic mass is 10.1. The average Bonchev–Trinajstić information content (AvgIpc) is 3.50. The van der Waals surface area contributed by atoms with Gasteiger partial charge in [-0.2, -0.15) is 9.61 Å². The number of hydrogen-bond acceptors (Lipinski definition) is 9. The molecule has 276 valence electrons. The molecule has 5 rings (SSSR count). The summed E-state index contributed by atoms with van der Waals surface area (Å²) in [7, 11) is -2.54. The molecule has 1 amide bonds. The van der Waals surface area contributed by atoms with Crippen LogP contribution >= 0.6 is 0 Å². The molecule has 4 heterocycles. The fraction of sp³-hybridized carbons (Fsp3) is 0.526. The van der Waals surface area contributed by atoms with Crippen molar-refractivity contribution in [3.8, 4) is 22.4 Å². The summed E-state index contributed by atoms with van der Waals surface area (Å²) in [6.07, 6.45) is 3.47. The standard InChI is InChI=1S/C38H57N7O4Si2/c1-38(2,3)49-37(46)43-19-17-42(18-20-43)34-25-35(44(28-47-21-23-50(4,5)6)29-48-22-24-51(7,8)9)45-36(41-34)32(27-40-45)31-15-16-33(39-26-31)30-13-11-10-12-14-30/h10-16,25-27H,17-24,28-29H2,1-9H3. The van der Waals surface area contributed by atoms with Gasteiger partial charge in [-0.15, -0.1) is 0 Å². The van der Waals surface area contributed by atoms with Gasteiger partial charge < -0.3 is 28.9 Å². The Morgan fingerprint density at radius 3 is 2.00 bits per heavy atom. The molecule has 1 fully saturated rings. The Labute approximate surface area is 305 Å². The lowest BCUT2D eigenvalue weighted by Gasteiger charge is -2.36. The van der Waals surface area contributed by atoms with Crippen LogP contribution in [0.15, 0.2) is 60.9 Å². The summed E-state index contributed by atoms with van der Waals surface area (Å²) < 4.78 is 20.2. The smallest absolute Gasteiger partial charge is 0.410 e. The van der Waals surface area contributed by atoms with E-state index in [1.54, 1.807) is 4.90 Å². The minimum absolute atomic E-state index is 0.284. The fourth-order valence-corrected chi connectivity index (χ4v) is 7.09. The second-order valence-corrected chi connectivity index (χ2v) is 28.0. The number of hydrogen-bond donors (Lipinski definition) is 0. The predicted octanol–water partition coefficient (Wildman–Crippen LogP) is 7.95. The molecule has 0 N–H and O–H groups in total. The van der Waals surface area contributed by atoms with Crippen LogP contribution < -0.4 is 9.80 Å². The summed E-state index contributed by atoms with van der Waals surface area (Å²) >= 11 is 0. The van der Waals surface area contributed by atoms with Crippen LogP contribution in [0.5, 0.6) is 0 Å². The zero-order chi connectivity index (χ0) is 36.8. The summed E-state index contributed by atoms with van der Waals surface area (Å²) in [6, 6.07) is 18.5. The molecule has 1 aliphatic rings. The van der Waals surface area contributed by atoms with Gasteiger partial charge in [0.05, 0.1) is 11.9 Å². The molecule has 0 bridgehead atoms. The molecule has 0 atom stereocenters. The number of piperazine rings is 1. The van der Waals surface area contributed by atoms with Crippen molar-refractivity contribution in [1.82, 2.24) is 24.5 Å². The fourth-order valence-electron chi connectivity index (χ4n) is 5.58. The molecule has 51 heavy (non-hydrogen) atoms. The number of nitrogens with zero attached hydrogens (tertiary/aromatic N) is 7. The van der Waals surface area contributed by atoms with Crippen LogP contribution in [0.4, 0.5) is 16.4 Å². The van der Waals surface area contributed by atoms with Crippen LogP contribution in [-0.2, 0) is 14.2 Å². The highest BCUT2D eigenvalue weighted by Gasteiger charge is 2.28. The van der Waals surface area contributed by atoms with Gasteiger partial charge in [0.25, 0.3) is 0 Å². The molecule has 1 saturated heterocycles. The maximum Gasteiger partial charge on any atom is 0.410 e. The van der Waals surface area contributed by atoms with E-state index >= 15 is 0 Å². The molecule has 1 aromatic carbocycles. The van der Waals surface area contributed by atoms with Crippen molar-refractivity contribution in [2.75, 3.05) is 62.7 Å². The molecular formula is C38H57N7O4Si2. The molecule has 0 unspecified atom stereocenters. The predicted molar refractivity (Wildman–Crippen MR) is 212 cm³/mol. The van der Waals surface area contributed by atoms with E-state index in [4.69, 9.17) is 29.3 Å². The van der Waals surface area contributed by atoms with E-state index in [2.05, 4.69) is 73.3 Å². The lowest BCUT2D eigenvalue weighted by Crippen LogP contribution is -2.50. The third-order valence-electron chi connectivity index (χ3n) is 8.65. The van der Waals surface area contributed by atoms with Crippen molar-refractivity contribution in [2.24, 2.45) is 0 Å². The SMILES string of the molecule is CC(C)(C)OC(=O)N1CCN(c2cc(N(COCC[Si](C)(C)C)COCC[Si](C)(C)C)n3ncc(-c4ccc(-c5ccccc5)nc4)c3n2)CC1. The largest absolute Gasteiger partial charge is 0.444 e. The van der Waals surface area contributed by atoms with Crippen LogP contribution in [-0.4, -0.2) is 105 Å². The van der Waals surface area contributed by atoms with E-state index in [1.165, 1.54) is 0 Å². The van der Waals surface area contributed by atoms with Gasteiger partial charge >= 0.3 is 6.09 Å². The number of amides is 1. The Balaban J connectivity index is 1.49. The molecule has 13 heteroatoms. The van der Waals surface area contributed by atoms with Gasteiger partial charge in [-0.25, -0.2) is 9.78 Å². The van der Waals surface area contributed by atoms with Crippen molar-refractivity contribution in [3.05, 3.63) is 60.9 Å². The van der Waals surface area contributed by atoms with Gasteiger partial charge in [-0.1, -0.05) is 75.7 Å².